The molecule has 2 N–H and O–H groups in total. The number of para-hydroxylation sites is 1. The molecule has 4 heteroatoms. The maximum atomic E-state index is 11.1. The van der Waals surface area contributed by atoms with E-state index in [1.54, 1.807) is 0 Å². The third-order valence-electron chi connectivity index (χ3n) is 3.18. The summed E-state index contributed by atoms with van der Waals surface area (Å²) < 4.78 is 4.56. The number of carbonyl (C=O) groups is 1. The van der Waals surface area contributed by atoms with Crippen LogP contribution in [0.1, 0.15) is 25.3 Å². The monoisotopic (exact) mass is 284 g/mol. The highest BCUT2D eigenvalue weighted by Gasteiger charge is 2.06. The van der Waals surface area contributed by atoms with Gasteiger partial charge >= 0.3 is 6.09 Å². The Labute approximate surface area is 125 Å². The molecule has 0 aliphatic rings. The summed E-state index contributed by atoms with van der Waals surface area (Å²) in [7, 11) is 1.34. The molecule has 0 bridgehead atoms. The van der Waals surface area contributed by atoms with Crippen molar-refractivity contribution in [3.63, 3.8) is 0 Å². The van der Waals surface area contributed by atoms with Crippen molar-refractivity contribution in [3.05, 3.63) is 54.1 Å². The number of ether oxygens (including phenoxy) is 1. The Hall–Kier alpha value is -2.49. The Kier molecular flexibility index (Phi) is 4.82. The predicted octanol–water partition coefficient (Wildman–Crippen LogP) is 4.73. The molecule has 0 spiro atoms. The van der Waals surface area contributed by atoms with Crippen molar-refractivity contribution >= 4 is 23.2 Å². The topological polar surface area (TPSA) is 50.4 Å². The summed E-state index contributed by atoms with van der Waals surface area (Å²) in [6, 6.07) is 15.8. The average molecular weight is 284 g/mol. The van der Waals surface area contributed by atoms with Crippen LogP contribution in [0.4, 0.5) is 21.9 Å². The van der Waals surface area contributed by atoms with Gasteiger partial charge < -0.3 is 10.1 Å². The SMILES string of the molecule is COC(=O)Nc1ccc(Nc2ccccc2C(C)C)cc1. The molecule has 0 aliphatic heterocycles. The van der Waals surface area contributed by atoms with Crippen LogP contribution in [0.5, 0.6) is 0 Å². The van der Waals surface area contributed by atoms with Gasteiger partial charge in [-0.05, 0) is 41.8 Å². The fourth-order valence-corrected chi connectivity index (χ4v) is 2.08. The molecule has 2 aromatic rings. The first-order valence-corrected chi connectivity index (χ1v) is 6.91. The molecule has 0 saturated carbocycles. The van der Waals surface area contributed by atoms with Gasteiger partial charge in [-0.3, -0.25) is 5.32 Å². The molecule has 1 amide bonds. The molecule has 0 unspecified atom stereocenters. The van der Waals surface area contributed by atoms with Gasteiger partial charge in [0.1, 0.15) is 0 Å². The predicted molar refractivity (Wildman–Crippen MR) is 86.3 cm³/mol. The smallest absolute Gasteiger partial charge is 0.411 e. The van der Waals surface area contributed by atoms with E-state index in [0.717, 1.165) is 11.4 Å². The number of amides is 1. The van der Waals surface area contributed by atoms with E-state index in [0.29, 0.717) is 11.6 Å². The second-order valence-corrected chi connectivity index (χ2v) is 5.06. The van der Waals surface area contributed by atoms with Crippen molar-refractivity contribution in [2.75, 3.05) is 17.7 Å². The molecule has 21 heavy (non-hydrogen) atoms. The molecular weight excluding hydrogens is 264 g/mol. The Morgan fingerprint density at radius 1 is 1.00 bits per heavy atom. The number of rotatable bonds is 4. The molecule has 4 nitrogen and oxygen atoms in total. The third kappa shape index (κ3) is 3.99. The fourth-order valence-electron chi connectivity index (χ4n) is 2.08. The van der Waals surface area contributed by atoms with Crippen LogP contribution in [-0.2, 0) is 4.74 Å². The summed E-state index contributed by atoms with van der Waals surface area (Å²) >= 11 is 0. The summed E-state index contributed by atoms with van der Waals surface area (Å²) in [6.45, 7) is 4.34. The summed E-state index contributed by atoms with van der Waals surface area (Å²) in [6.07, 6.45) is -0.471. The zero-order valence-corrected chi connectivity index (χ0v) is 12.5. The molecule has 0 fully saturated rings. The Morgan fingerprint density at radius 3 is 2.24 bits per heavy atom. The second kappa shape index (κ2) is 6.79. The molecular formula is C17H20N2O2. The lowest BCUT2D eigenvalue weighted by Gasteiger charge is -2.15. The first-order chi connectivity index (χ1) is 10.1. The van der Waals surface area contributed by atoms with Crippen LogP contribution in [-0.4, -0.2) is 13.2 Å². The van der Waals surface area contributed by atoms with Crippen molar-refractivity contribution in [2.24, 2.45) is 0 Å². The van der Waals surface area contributed by atoms with Crippen LogP contribution < -0.4 is 10.6 Å². The van der Waals surface area contributed by atoms with Crippen LogP contribution in [0.3, 0.4) is 0 Å². The van der Waals surface area contributed by atoms with Crippen molar-refractivity contribution < 1.29 is 9.53 Å². The fraction of sp³-hybridized carbons (Fsp3) is 0.235. The summed E-state index contributed by atoms with van der Waals surface area (Å²) in [5.41, 5.74) is 4.04. The van der Waals surface area contributed by atoms with Gasteiger partial charge in [0, 0.05) is 17.1 Å². The van der Waals surface area contributed by atoms with E-state index >= 15 is 0 Å². The van der Waals surface area contributed by atoms with Crippen LogP contribution in [0, 0.1) is 0 Å². The largest absolute Gasteiger partial charge is 0.453 e. The quantitative estimate of drug-likeness (QED) is 0.853. The normalized spacial score (nSPS) is 10.3. The Bertz CT molecular complexity index is 606. The van der Waals surface area contributed by atoms with Gasteiger partial charge in [0.2, 0.25) is 0 Å². The first kappa shape index (κ1) is 14.9. The molecule has 0 radical (unpaired) electrons. The van der Waals surface area contributed by atoms with E-state index in [1.807, 2.05) is 36.4 Å². The Balaban J connectivity index is 2.12. The molecule has 0 atom stereocenters. The number of methoxy groups -OCH3 is 1. The van der Waals surface area contributed by atoms with Gasteiger partial charge in [-0.25, -0.2) is 4.79 Å². The highest BCUT2D eigenvalue weighted by atomic mass is 16.5. The van der Waals surface area contributed by atoms with Crippen LogP contribution in [0.2, 0.25) is 0 Å². The maximum Gasteiger partial charge on any atom is 0.411 e. The van der Waals surface area contributed by atoms with Gasteiger partial charge in [-0.15, -0.1) is 0 Å². The van der Waals surface area contributed by atoms with E-state index in [4.69, 9.17) is 0 Å². The van der Waals surface area contributed by atoms with Crippen molar-refractivity contribution in [1.29, 1.82) is 0 Å². The minimum Gasteiger partial charge on any atom is -0.453 e. The lowest BCUT2D eigenvalue weighted by Crippen LogP contribution is -2.10. The zero-order chi connectivity index (χ0) is 15.2. The van der Waals surface area contributed by atoms with Crippen molar-refractivity contribution in [1.82, 2.24) is 0 Å². The summed E-state index contributed by atoms with van der Waals surface area (Å²) in [4.78, 5) is 11.1. The standard InChI is InChI=1S/C17H20N2O2/c1-12(2)15-6-4-5-7-16(15)18-13-8-10-14(11-9-13)19-17(20)21-3/h4-12,18H,1-3H3,(H,19,20). The van der Waals surface area contributed by atoms with Crippen LogP contribution >= 0.6 is 0 Å². The summed E-state index contributed by atoms with van der Waals surface area (Å²) in [5.74, 6) is 0.453. The number of nitrogens with one attached hydrogen (secondary N) is 2. The second-order valence-electron chi connectivity index (χ2n) is 5.06. The minimum atomic E-state index is -0.471. The van der Waals surface area contributed by atoms with E-state index in [1.165, 1.54) is 12.7 Å². The van der Waals surface area contributed by atoms with E-state index < -0.39 is 6.09 Å². The van der Waals surface area contributed by atoms with E-state index in [9.17, 15) is 4.79 Å². The Morgan fingerprint density at radius 2 is 1.62 bits per heavy atom. The molecule has 0 heterocycles. The van der Waals surface area contributed by atoms with Gasteiger partial charge in [-0.2, -0.15) is 0 Å². The number of benzene rings is 2. The van der Waals surface area contributed by atoms with Gasteiger partial charge in [0.05, 0.1) is 7.11 Å². The highest BCUT2D eigenvalue weighted by molar-refractivity contribution is 5.84. The highest BCUT2D eigenvalue weighted by Crippen LogP contribution is 2.27. The van der Waals surface area contributed by atoms with Crippen LogP contribution in [0.15, 0.2) is 48.5 Å². The third-order valence-corrected chi connectivity index (χ3v) is 3.18. The molecule has 0 aromatic heterocycles. The van der Waals surface area contributed by atoms with Crippen molar-refractivity contribution in [3.8, 4) is 0 Å². The van der Waals surface area contributed by atoms with Crippen LogP contribution in [0.25, 0.3) is 0 Å². The molecule has 110 valence electrons. The van der Waals surface area contributed by atoms with E-state index in [2.05, 4.69) is 41.4 Å². The number of carbonyl (C=O) groups excluding carboxylic acids is 1. The first-order valence-electron chi connectivity index (χ1n) is 6.91. The van der Waals surface area contributed by atoms with Crippen molar-refractivity contribution in [2.45, 2.75) is 19.8 Å². The van der Waals surface area contributed by atoms with Gasteiger partial charge in [-0.1, -0.05) is 32.0 Å². The van der Waals surface area contributed by atoms with E-state index in [-0.39, 0.29) is 0 Å². The average Bonchev–Trinajstić information content (AvgIpc) is 2.49. The molecule has 0 saturated heterocycles. The lowest BCUT2D eigenvalue weighted by molar-refractivity contribution is 0.187. The van der Waals surface area contributed by atoms with Gasteiger partial charge in [0.15, 0.2) is 0 Å². The number of hydrogen-bond acceptors (Lipinski definition) is 3. The zero-order valence-electron chi connectivity index (χ0n) is 12.5. The minimum absolute atomic E-state index is 0.453. The summed E-state index contributed by atoms with van der Waals surface area (Å²) in [5, 5.41) is 6.03. The maximum absolute atomic E-state index is 11.1. The number of anilines is 3. The van der Waals surface area contributed by atoms with Gasteiger partial charge in [0.25, 0.3) is 0 Å². The molecule has 2 aromatic carbocycles. The lowest BCUT2D eigenvalue weighted by atomic mass is 10.0. The molecule has 2 rings (SSSR count). The molecule has 0 aliphatic carbocycles. The number of hydrogen-bond donors (Lipinski definition) is 2.